The average molecular weight is 449 g/mol. The summed E-state index contributed by atoms with van der Waals surface area (Å²) in [5.74, 6) is -1.05. The van der Waals surface area contributed by atoms with Crippen LogP contribution in [0.2, 0.25) is 0 Å². The van der Waals surface area contributed by atoms with Gasteiger partial charge >= 0.3 is 0 Å². The van der Waals surface area contributed by atoms with Gasteiger partial charge in [0.1, 0.15) is 16.8 Å². The Hall–Kier alpha value is -3.48. The number of hydrogen-bond donors (Lipinski definition) is 2. The van der Waals surface area contributed by atoms with Gasteiger partial charge in [-0.25, -0.2) is 0 Å². The maximum atomic E-state index is 13.4. The van der Waals surface area contributed by atoms with Crippen molar-refractivity contribution in [3.8, 4) is 5.75 Å². The number of benzene rings is 2. The number of nitrogens with one attached hydrogen (secondary N) is 1. The minimum absolute atomic E-state index is 0.0428. The normalized spacial score (nSPS) is 12.1. The molecule has 0 atom stereocenters. The molecule has 0 aliphatic rings. The van der Waals surface area contributed by atoms with Crippen LogP contribution in [0.3, 0.4) is 0 Å². The smallest absolute Gasteiger partial charge is 0.299 e. The maximum Gasteiger partial charge on any atom is 0.299 e. The molecule has 0 aliphatic heterocycles. The highest BCUT2D eigenvalue weighted by Crippen LogP contribution is 2.39. The van der Waals surface area contributed by atoms with Gasteiger partial charge in [-0.2, -0.15) is 0 Å². The van der Waals surface area contributed by atoms with Crippen LogP contribution in [-0.4, -0.2) is 31.9 Å². The van der Waals surface area contributed by atoms with Gasteiger partial charge in [-0.15, -0.1) is 15.0 Å². The van der Waals surface area contributed by atoms with Gasteiger partial charge in [0, 0.05) is 17.7 Å². The Morgan fingerprint density at radius 2 is 1.64 bits per heavy atom. The van der Waals surface area contributed by atoms with E-state index < -0.39 is 5.91 Å². The fourth-order valence-corrected chi connectivity index (χ4v) is 4.20. The Morgan fingerprint density at radius 3 is 2.15 bits per heavy atom. The van der Waals surface area contributed by atoms with Crippen molar-refractivity contribution in [1.82, 2.24) is 20.3 Å². The first kappa shape index (κ1) is 24.2. The van der Waals surface area contributed by atoms with Crippen LogP contribution in [0.15, 0.2) is 48.6 Å². The van der Waals surface area contributed by atoms with E-state index in [2.05, 4.69) is 56.7 Å². The molecule has 0 saturated heterocycles. The van der Waals surface area contributed by atoms with Gasteiger partial charge in [-0.1, -0.05) is 53.3 Å². The van der Waals surface area contributed by atoms with Crippen molar-refractivity contribution in [3.05, 3.63) is 65.2 Å². The van der Waals surface area contributed by atoms with Crippen LogP contribution < -0.4 is 5.32 Å². The van der Waals surface area contributed by atoms with E-state index in [4.69, 9.17) is 0 Å². The van der Waals surface area contributed by atoms with Crippen LogP contribution in [0, 0.1) is 5.41 Å². The molecule has 0 fully saturated rings. The second-order valence-electron chi connectivity index (χ2n) is 10.4. The van der Waals surface area contributed by atoms with E-state index in [9.17, 15) is 14.7 Å². The second-order valence-corrected chi connectivity index (χ2v) is 10.4. The molecular formula is C26H32N4O3. The Kier molecular flexibility index (Phi) is 6.45. The molecule has 7 heteroatoms. The van der Waals surface area contributed by atoms with Gasteiger partial charge in [-0.3, -0.25) is 9.59 Å². The molecule has 174 valence electrons. The molecule has 0 radical (unpaired) electrons. The highest BCUT2D eigenvalue weighted by atomic mass is 16.3. The lowest BCUT2D eigenvalue weighted by molar-refractivity contribution is -0.117. The molecule has 3 rings (SSSR count). The fraction of sp³-hybridized carbons (Fsp3) is 0.385. The van der Waals surface area contributed by atoms with E-state index in [0.717, 1.165) is 16.8 Å². The van der Waals surface area contributed by atoms with E-state index in [0.29, 0.717) is 22.2 Å². The van der Waals surface area contributed by atoms with E-state index >= 15 is 0 Å². The van der Waals surface area contributed by atoms with Gasteiger partial charge in [0.15, 0.2) is 0 Å². The standard InChI is InChI=1S/C26H32N4O3/c1-16(2)23(32)27-14-17-12-18(26(6,7)15-25(3,4)5)13-19(22(17)31)24(33)30-28-20-10-8-9-11-21(20)29-30/h8-13,31H,1,14-15H2,2-7H3,(H,27,32). The zero-order valence-corrected chi connectivity index (χ0v) is 20.2. The molecule has 0 aliphatic carbocycles. The summed E-state index contributed by atoms with van der Waals surface area (Å²) in [5, 5.41) is 22.3. The predicted octanol–water partition coefficient (Wildman–Crippen LogP) is 4.73. The Bertz CT molecular complexity index is 1200. The van der Waals surface area contributed by atoms with Crippen LogP contribution in [0.4, 0.5) is 0 Å². The number of carbonyl (C=O) groups excluding carboxylic acids is 2. The minimum atomic E-state index is -0.537. The van der Waals surface area contributed by atoms with Gasteiger partial charge in [-0.05, 0) is 54.0 Å². The third-order valence-electron chi connectivity index (χ3n) is 5.47. The molecule has 2 aromatic carbocycles. The van der Waals surface area contributed by atoms with E-state index in [1.54, 1.807) is 25.1 Å². The first-order valence-electron chi connectivity index (χ1n) is 11.0. The minimum Gasteiger partial charge on any atom is -0.507 e. The molecule has 3 aromatic rings. The number of aromatic nitrogens is 3. The van der Waals surface area contributed by atoms with Gasteiger partial charge in [0.25, 0.3) is 5.91 Å². The lowest BCUT2D eigenvalue weighted by Crippen LogP contribution is -2.27. The van der Waals surface area contributed by atoms with Gasteiger partial charge in [0.05, 0.1) is 5.56 Å². The lowest BCUT2D eigenvalue weighted by atomic mass is 9.71. The second kappa shape index (κ2) is 8.81. The number of nitrogens with zero attached hydrogens (tertiary/aromatic N) is 3. The van der Waals surface area contributed by atoms with Crippen molar-refractivity contribution in [1.29, 1.82) is 0 Å². The quantitative estimate of drug-likeness (QED) is 0.531. The molecule has 0 saturated carbocycles. The van der Waals surface area contributed by atoms with Crippen molar-refractivity contribution in [2.75, 3.05) is 0 Å². The summed E-state index contributed by atoms with van der Waals surface area (Å²) in [6.07, 6.45) is 0.847. The van der Waals surface area contributed by atoms with E-state index in [1.807, 2.05) is 18.2 Å². The number of carbonyl (C=O) groups is 2. The molecule has 0 unspecified atom stereocenters. The maximum absolute atomic E-state index is 13.4. The van der Waals surface area contributed by atoms with Crippen molar-refractivity contribution < 1.29 is 14.7 Å². The molecule has 2 N–H and O–H groups in total. The summed E-state index contributed by atoms with van der Waals surface area (Å²) in [7, 11) is 0. The monoisotopic (exact) mass is 448 g/mol. The van der Waals surface area contributed by atoms with Crippen LogP contribution >= 0.6 is 0 Å². The lowest BCUT2D eigenvalue weighted by Gasteiger charge is -2.33. The molecule has 0 bridgehead atoms. The average Bonchev–Trinajstić information content (AvgIpc) is 3.14. The highest BCUT2D eigenvalue weighted by molar-refractivity contribution is 5.99. The summed E-state index contributed by atoms with van der Waals surface area (Å²) in [6.45, 7) is 16.0. The number of amides is 1. The summed E-state index contributed by atoms with van der Waals surface area (Å²) in [4.78, 5) is 26.4. The van der Waals surface area contributed by atoms with Crippen molar-refractivity contribution in [2.24, 2.45) is 5.41 Å². The third-order valence-corrected chi connectivity index (χ3v) is 5.47. The largest absolute Gasteiger partial charge is 0.507 e. The first-order valence-corrected chi connectivity index (χ1v) is 11.0. The Labute approximate surface area is 194 Å². The molecule has 7 nitrogen and oxygen atoms in total. The highest BCUT2D eigenvalue weighted by Gasteiger charge is 2.30. The molecule has 1 aromatic heterocycles. The summed E-state index contributed by atoms with van der Waals surface area (Å²) in [5.41, 5.74) is 2.71. The van der Waals surface area contributed by atoms with Crippen LogP contribution in [-0.2, 0) is 16.8 Å². The Morgan fingerprint density at radius 1 is 1.06 bits per heavy atom. The number of rotatable bonds is 6. The molecule has 1 amide bonds. The summed E-state index contributed by atoms with van der Waals surface area (Å²) >= 11 is 0. The number of fused-ring (bicyclic) bond motifs is 1. The van der Waals surface area contributed by atoms with E-state index in [-0.39, 0.29) is 34.6 Å². The van der Waals surface area contributed by atoms with Crippen molar-refractivity contribution in [3.63, 3.8) is 0 Å². The van der Waals surface area contributed by atoms with Crippen LogP contribution in [0.5, 0.6) is 5.75 Å². The summed E-state index contributed by atoms with van der Waals surface area (Å²) < 4.78 is 0. The van der Waals surface area contributed by atoms with Crippen molar-refractivity contribution in [2.45, 2.75) is 59.9 Å². The zero-order valence-electron chi connectivity index (χ0n) is 20.2. The zero-order chi connectivity index (χ0) is 24.6. The predicted molar refractivity (Wildman–Crippen MR) is 129 cm³/mol. The number of aromatic hydroxyl groups is 1. The van der Waals surface area contributed by atoms with Gasteiger partial charge in [0.2, 0.25) is 5.91 Å². The SMILES string of the molecule is C=C(C)C(=O)NCc1cc(C(C)(C)CC(C)(C)C)cc(C(=O)n2nc3ccccc3n2)c1O. The first-order chi connectivity index (χ1) is 15.3. The van der Waals surface area contributed by atoms with Gasteiger partial charge < -0.3 is 10.4 Å². The third kappa shape index (κ3) is 5.48. The summed E-state index contributed by atoms with van der Waals surface area (Å²) in [6, 6.07) is 10.7. The number of phenols is 1. The molecule has 1 heterocycles. The van der Waals surface area contributed by atoms with Crippen molar-refractivity contribution >= 4 is 22.8 Å². The number of phenolic OH excluding ortho intramolecular Hbond substituents is 1. The Balaban J connectivity index is 2.10. The number of hydrogen-bond acceptors (Lipinski definition) is 5. The van der Waals surface area contributed by atoms with Crippen LogP contribution in [0.25, 0.3) is 11.0 Å². The fourth-order valence-electron chi connectivity index (χ4n) is 4.20. The van der Waals surface area contributed by atoms with E-state index in [1.165, 1.54) is 0 Å². The molecular weight excluding hydrogens is 416 g/mol. The molecule has 33 heavy (non-hydrogen) atoms. The topological polar surface area (TPSA) is 97.1 Å². The molecule has 0 spiro atoms. The van der Waals surface area contributed by atoms with Crippen LogP contribution in [0.1, 0.15) is 69.4 Å².